The highest BCUT2D eigenvalue weighted by Crippen LogP contribution is 2.25. The van der Waals surface area contributed by atoms with Crippen molar-refractivity contribution in [2.75, 3.05) is 12.5 Å². The molecule has 0 heterocycles. The van der Waals surface area contributed by atoms with E-state index in [4.69, 9.17) is 21.8 Å². The Balaban J connectivity index is 3.10. The summed E-state index contributed by atoms with van der Waals surface area (Å²) in [6, 6.07) is 9.85. The zero-order chi connectivity index (χ0) is 26.4. The Labute approximate surface area is 208 Å². The Morgan fingerprint density at radius 1 is 0.706 bits per heavy atom. The van der Waals surface area contributed by atoms with Gasteiger partial charge in [0.15, 0.2) is 0 Å². The first-order chi connectivity index (χ1) is 15.4. The summed E-state index contributed by atoms with van der Waals surface area (Å²) in [6.45, 7) is 24.5. The van der Waals surface area contributed by atoms with Gasteiger partial charge in [-0.3, -0.25) is 0 Å². The van der Waals surface area contributed by atoms with Crippen molar-refractivity contribution in [1.82, 2.24) is 0 Å². The SMILES string of the molecule is C=C(C)C(=O)OC[Si](C)(C)O[Si](C)(C)O[Si](C)(O[Si](C)(C)COC(=O)C(=C)C)c1ccccc1. The Bertz CT molecular complexity index is 900. The standard InChI is InChI=1S/C23H40O7Si4/c1-19(2)22(24)26-17-31(5,6)28-33(9,10)30-34(11,21-15-13-12-14-16-21)29-32(7,8)18-27-23(25)20(3)4/h12-16H,1,3,17-18H2,2,4-11H3. The summed E-state index contributed by atoms with van der Waals surface area (Å²) in [4.78, 5) is 23.8. The highest BCUT2D eigenvalue weighted by Gasteiger charge is 2.48. The van der Waals surface area contributed by atoms with E-state index in [0.29, 0.717) is 11.1 Å². The molecule has 0 fully saturated rings. The minimum Gasteiger partial charge on any atom is -0.463 e. The smallest absolute Gasteiger partial charge is 0.350 e. The largest absolute Gasteiger partial charge is 0.463 e. The molecule has 0 radical (unpaired) electrons. The molecule has 0 saturated carbocycles. The predicted octanol–water partition coefficient (Wildman–Crippen LogP) is 4.44. The van der Waals surface area contributed by atoms with Crippen molar-refractivity contribution in [2.24, 2.45) is 0 Å². The first-order valence-corrected chi connectivity index (χ1v) is 22.6. The van der Waals surface area contributed by atoms with Gasteiger partial charge in [0.25, 0.3) is 0 Å². The van der Waals surface area contributed by atoms with Crippen LogP contribution in [-0.2, 0) is 31.4 Å². The van der Waals surface area contributed by atoms with E-state index < -0.39 is 45.7 Å². The van der Waals surface area contributed by atoms with E-state index in [2.05, 4.69) is 13.2 Å². The third kappa shape index (κ3) is 10.3. The van der Waals surface area contributed by atoms with E-state index in [1.165, 1.54) is 0 Å². The van der Waals surface area contributed by atoms with E-state index in [9.17, 15) is 9.59 Å². The molecule has 0 aliphatic carbocycles. The van der Waals surface area contributed by atoms with E-state index in [-0.39, 0.29) is 12.5 Å². The van der Waals surface area contributed by atoms with Gasteiger partial charge in [0.2, 0.25) is 16.6 Å². The maximum absolute atomic E-state index is 11.9. The highest BCUT2D eigenvalue weighted by atomic mass is 28.5. The average Bonchev–Trinajstić information content (AvgIpc) is 2.69. The van der Waals surface area contributed by atoms with Crippen molar-refractivity contribution in [2.45, 2.75) is 59.7 Å². The van der Waals surface area contributed by atoms with Crippen molar-refractivity contribution < 1.29 is 31.4 Å². The Morgan fingerprint density at radius 2 is 1.12 bits per heavy atom. The Hall–Kier alpha value is -1.61. The number of esters is 2. The molecular weight excluding hydrogens is 501 g/mol. The zero-order valence-corrected chi connectivity index (χ0v) is 26.1. The lowest BCUT2D eigenvalue weighted by molar-refractivity contribution is -0.138. The van der Waals surface area contributed by atoms with Gasteiger partial charge in [-0.05, 0) is 64.9 Å². The predicted molar refractivity (Wildman–Crippen MR) is 145 cm³/mol. The third-order valence-electron chi connectivity index (χ3n) is 4.53. The van der Waals surface area contributed by atoms with Crippen LogP contribution in [-0.4, -0.2) is 58.2 Å². The molecule has 190 valence electrons. The van der Waals surface area contributed by atoms with Gasteiger partial charge < -0.3 is 21.8 Å². The second kappa shape index (κ2) is 11.9. The fourth-order valence-electron chi connectivity index (χ4n) is 3.35. The number of hydrogen-bond donors (Lipinski definition) is 0. The molecule has 0 bridgehead atoms. The van der Waals surface area contributed by atoms with Crippen LogP contribution in [0.3, 0.4) is 0 Å². The zero-order valence-electron chi connectivity index (χ0n) is 22.1. The number of benzene rings is 1. The van der Waals surface area contributed by atoms with Crippen LogP contribution in [0.4, 0.5) is 0 Å². The van der Waals surface area contributed by atoms with Crippen LogP contribution in [0, 0.1) is 0 Å². The molecule has 1 unspecified atom stereocenters. The molecule has 0 amide bonds. The van der Waals surface area contributed by atoms with Crippen molar-refractivity contribution in [3.8, 4) is 0 Å². The van der Waals surface area contributed by atoms with Crippen LogP contribution < -0.4 is 5.19 Å². The van der Waals surface area contributed by atoms with E-state index in [0.717, 1.165) is 5.19 Å². The van der Waals surface area contributed by atoms with Crippen LogP contribution >= 0.6 is 0 Å². The van der Waals surface area contributed by atoms with Gasteiger partial charge in [-0.2, -0.15) is 0 Å². The average molecular weight is 541 g/mol. The second-order valence-corrected chi connectivity index (χ2v) is 25.6. The molecule has 0 spiro atoms. The first kappa shape index (κ1) is 30.4. The Kier molecular flexibility index (Phi) is 10.6. The van der Waals surface area contributed by atoms with Gasteiger partial charge in [-0.1, -0.05) is 43.5 Å². The molecule has 0 saturated heterocycles. The van der Waals surface area contributed by atoms with Crippen molar-refractivity contribution in [1.29, 1.82) is 0 Å². The summed E-state index contributed by atoms with van der Waals surface area (Å²) >= 11 is 0. The van der Waals surface area contributed by atoms with Crippen molar-refractivity contribution >= 4 is 50.9 Å². The lowest BCUT2D eigenvalue weighted by atomic mass is 10.4. The van der Waals surface area contributed by atoms with Crippen LogP contribution in [0.2, 0.25) is 45.8 Å². The van der Waals surface area contributed by atoms with Crippen molar-refractivity contribution in [3.63, 3.8) is 0 Å². The molecule has 1 aromatic rings. The summed E-state index contributed by atoms with van der Waals surface area (Å²) < 4.78 is 30.9. The van der Waals surface area contributed by atoms with Crippen molar-refractivity contribution in [3.05, 3.63) is 54.6 Å². The van der Waals surface area contributed by atoms with Crippen LogP contribution in [0.25, 0.3) is 0 Å². The monoisotopic (exact) mass is 540 g/mol. The quantitative estimate of drug-likeness (QED) is 0.208. The van der Waals surface area contributed by atoms with Crippen LogP contribution in [0.15, 0.2) is 54.6 Å². The number of ether oxygens (including phenoxy) is 2. The maximum Gasteiger partial charge on any atom is 0.350 e. The normalized spacial score (nSPS) is 14.1. The van der Waals surface area contributed by atoms with Gasteiger partial charge in [-0.15, -0.1) is 0 Å². The summed E-state index contributed by atoms with van der Waals surface area (Å²) in [5.74, 6) is -0.850. The molecule has 0 N–H and O–H groups in total. The lowest BCUT2D eigenvalue weighted by Gasteiger charge is -2.42. The molecule has 7 nitrogen and oxygen atoms in total. The van der Waals surface area contributed by atoms with E-state index in [1.807, 2.05) is 76.2 Å². The van der Waals surface area contributed by atoms with Gasteiger partial charge in [-0.25, -0.2) is 9.59 Å². The molecule has 0 aliphatic rings. The summed E-state index contributed by atoms with van der Waals surface area (Å²) in [7, 11) is -10.6. The molecule has 1 aromatic carbocycles. The number of carbonyl (C=O) groups excluding carboxylic acids is 2. The fraction of sp³-hybridized carbons (Fsp3) is 0.478. The van der Waals surface area contributed by atoms with Gasteiger partial charge in [0.05, 0.1) is 0 Å². The summed E-state index contributed by atoms with van der Waals surface area (Å²) in [5.41, 5.74) is 0.708. The van der Waals surface area contributed by atoms with Gasteiger partial charge >= 0.3 is 29.1 Å². The van der Waals surface area contributed by atoms with Gasteiger partial charge in [0, 0.05) is 11.1 Å². The lowest BCUT2D eigenvalue weighted by Crippen LogP contribution is -2.64. The van der Waals surface area contributed by atoms with E-state index in [1.54, 1.807) is 13.8 Å². The molecule has 1 rings (SSSR count). The number of carbonyl (C=O) groups is 2. The first-order valence-electron chi connectivity index (χ1n) is 11.2. The van der Waals surface area contributed by atoms with Crippen LogP contribution in [0.5, 0.6) is 0 Å². The van der Waals surface area contributed by atoms with Gasteiger partial charge in [0.1, 0.15) is 12.5 Å². The second-order valence-electron chi connectivity index (χ2n) is 10.3. The maximum atomic E-state index is 11.9. The molecule has 1 atom stereocenters. The summed E-state index contributed by atoms with van der Waals surface area (Å²) in [6.07, 6.45) is 0.400. The minimum atomic E-state index is -2.97. The molecule has 34 heavy (non-hydrogen) atoms. The minimum absolute atomic E-state index is 0.192. The third-order valence-corrected chi connectivity index (χ3v) is 19.1. The fourth-order valence-corrected chi connectivity index (χ4v) is 20.9. The van der Waals surface area contributed by atoms with E-state index >= 15 is 0 Å². The number of rotatable bonds is 13. The summed E-state index contributed by atoms with van der Waals surface area (Å²) in [5, 5.41) is 0.971. The topological polar surface area (TPSA) is 80.3 Å². The number of hydrogen-bond acceptors (Lipinski definition) is 7. The molecular formula is C23H40O7Si4. The molecule has 11 heteroatoms. The molecule has 0 aromatic heterocycles. The highest BCUT2D eigenvalue weighted by molar-refractivity contribution is 6.95. The van der Waals surface area contributed by atoms with Crippen LogP contribution in [0.1, 0.15) is 13.8 Å². The Morgan fingerprint density at radius 3 is 1.53 bits per heavy atom. The molecule has 0 aliphatic heterocycles.